The molecule has 1 fully saturated rings. The summed E-state index contributed by atoms with van der Waals surface area (Å²) in [6, 6.07) is 0.470. The largest absolute Gasteiger partial charge is 0.383 e. The Morgan fingerprint density at radius 1 is 1.33 bits per heavy atom. The van der Waals surface area contributed by atoms with Crippen LogP contribution in [0.5, 0.6) is 0 Å². The first kappa shape index (κ1) is 12.3. The number of piperidine rings is 1. The van der Waals surface area contributed by atoms with Crippen molar-refractivity contribution in [2.45, 2.75) is 39.2 Å². The number of hydrogen-bond acceptors (Lipinski definition) is 2. The fraction of sp³-hybridized carbons (Fsp3) is 0.692. The van der Waals surface area contributed by atoms with Crippen molar-refractivity contribution in [2.24, 2.45) is 0 Å². The highest BCUT2D eigenvalue weighted by Gasteiger charge is 2.07. The van der Waals surface area contributed by atoms with Crippen molar-refractivity contribution in [3.8, 4) is 0 Å². The van der Waals surface area contributed by atoms with Crippen molar-refractivity contribution < 1.29 is 0 Å². The van der Waals surface area contributed by atoms with Crippen molar-refractivity contribution in [3.05, 3.63) is 24.4 Å². The van der Waals surface area contributed by atoms with Crippen LogP contribution in [0.15, 0.2) is 24.4 Å². The van der Waals surface area contributed by atoms with Crippen molar-refractivity contribution >= 4 is 0 Å². The molecule has 0 aliphatic carbocycles. The normalized spacial score (nSPS) is 18.6. The van der Waals surface area contributed by atoms with E-state index < -0.39 is 0 Å². The summed E-state index contributed by atoms with van der Waals surface area (Å²) >= 11 is 0. The molecule has 1 heterocycles. The van der Waals surface area contributed by atoms with E-state index in [1.54, 1.807) is 0 Å². The molecule has 1 N–H and O–H groups in total. The Labute approximate surface area is 94.0 Å². The molecule has 15 heavy (non-hydrogen) atoms. The van der Waals surface area contributed by atoms with E-state index in [4.69, 9.17) is 0 Å². The van der Waals surface area contributed by atoms with Gasteiger partial charge in [-0.1, -0.05) is 19.1 Å². The van der Waals surface area contributed by atoms with Gasteiger partial charge < -0.3 is 5.32 Å². The van der Waals surface area contributed by atoms with Gasteiger partial charge in [-0.05, 0) is 45.9 Å². The lowest BCUT2D eigenvalue weighted by molar-refractivity contribution is 0.251. The van der Waals surface area contributed by atoms with E-state index in [9.17, 15) is 0 Å². The molecule has 0 aromatic carbocycles. The summed E-state index contributed by atoms with van der Waals surface area (Å²) in [7, 11) is 0. The molecule has 1 aliphatic heterocycles. The fourth-order valence-corrected chi connectivity index (χ4v) is 1.90. The highest BCUT2D eigenvalue weighted by molar-refractivity contribution is 5.13. The van der Waals surface area contributed by atoms with Crippen LogP contribution in [-0.4, -0.2) is 30.6 Å². The average Bonchev–Trinajstić information content (AvgIpc) is 2.18. The van der Waals surface area contributed by atoms with Gasteiger partial charge in [-0.25, -0.2) is 0 Å². The Bertz CT molecular complexity index is 213. The number of nitrogens with zero attached hydrogens (tertiary/aromatic N) is 1. The van der Waals surface area contributed by atoms with Gasteiger partial charge in [0.2, 0.25) is 0 Å². The number of rotatable bonds is 5. The molecule has 0 amide bonds. The van der Waals surface area contributed by atoms with E-state index in [2.05, 4.69) is 42.8 Å². The van der Waals surface area contributed by atoms with Gasteiger partial charge in [0.05, 0.1) is 0 Å². The monoisotopic (exact) mass is 208 g/mol. The highest BCUT2D eigenvalue weighted by atomic mass is 15.1. The molecule has 2 heteroatoms. The van der Waals surface area contributed by atoms with Gasteiger partial charge in [-0.15, -0.1) is 0 Å². The maximum Gasteiger partial charge on any atom is 0.0266 e. The summed E-state index contributed by atoms with van der Waals surface area (Å²) in [5, 5.41) is 3.28. The average molecular weight is 208 g/mol. The Hall–Kier alpha value is -0.760. The zero-order valence-electron chi connectivity index (χ0n) is 10.1. The fourth-order valence-electron chi connectivity index (χ4n) is 1.90. The molecular formula is C13H24N2. The van der Waals surface area contributed by atoms with Crippen LogP contribution >= 0.6 is 0 Å². The Morgan fingerprint density at radius 2 is 2.00 bits per heavy atom. The Morgan fingerprint density at radius 3 is 2.60 bits per heavy atom. The summed E-state index contributed by atoms with van der Waals surface area (Å²) < 4.78 is 0. The maximum atomic E-state index is 3.96. The lowest BCUT2D eigenvalue weighted by Gasteiger charge is -2.24. The lowest BCUT2D eigenvalue weighted by Crippen LogP contribution is -2.29. The molecule has 0 radical (unpaired) electrons. The van der Waals surface area contributed by atoms with Gasteiger partial charge in [0.1, 0.15) is 0 Å². The van der Waals surface area contributed by atoms with E-state index in [0.717, 1.165) is 12.2 Å². The van der Waals surface area contributed by atoms with Crippen LogP contribution < -0.4 is 5.32 Å². The van der Waals surface area contributed by atoms with Gasteiger partial charge in [0.15, 0.2) is 0 Å². The third-order valence-corrected chi connectivity index (χ3v) is 2.61. The van der Waals surface area contributed by atoms with Gasteiger partial charge in [-0.2, -0.15) is 0 Å². The van der Waals surface area contributed by atoms with E-state index in [0.29, 0.717) is 6.04 Å². The van der Waals surface area contributed by atoms with Crippen molar-refractivity contribution in [3.63, 3.8) is 0 Å². The minimum Gasteiger partial charge on any atom is -0.383 e. The third-order valence-electron chi connectivity index (χ3n) is 2.61. The van der Waals surface area contributed by atoms with E-state index in [-0.39, 0.29) is 0 Å². The van der Waals surface area contributed by atoms with Crippen LogP contribution in [0, 0.1) is 0 Å². The topological polar surface area (TPSA) is 15.3 Å². The van der Waals surface area contributed by atoms with Crippen LogP contribution in [-0.2, 0) is 0 Å². The highest BCUT2D eigenvalue weighted by Crippen LogP contribution is 2.08. The number of nitrogens with one attached hydrogen (secondary N) is 1. The van der Waals surface area contributed by atoms with Crippen molar-refractivity contribution in [2.75, 3.05) is 19.6 Å². The number of hydrogen-bond donors (Lipinski definition) is 1. The summed E-state index contributed by atoms with van der Waals surface area (Å²) in [5.41, 5.74) is 1.02. The predicted octanol–water partition coefficient (Wildman–Crippen LogP) is 2.54. The maximum absolute atomic E-state index is 3.96. The Balaban J connectivity index is 2.17. The molecule has 0 spiro atoms. The smallest absolute Gasteiger partial charge is 0.0266 e. The summed E-state index contributed by atoms with van der Waals surface area (Å²) in [6.45, 7) is 11.8. The number of allylic oxidation sites excluding steroid dienone is 1. The molecular weight excluding hydrogens is 184 g/mol. The third kappa shape index (κ3) is 5.63. The molecule has 0 aromatic heterocycles. The molecule has 0 aromatic rings. The van der Waals surface area contributed by atoms with Crippen LogP contribution in [0.25, 0.3) is 0 Å². The van der Waals surface area contributed by atoms with Gasteiger partial charge in [-0.3, -0.25) is 4.90 Å². The van der Waals surface area contributed by atoms with Crippen LogP contribution in [0.3, 0.4) is 0 Å². The van der Waals surface area contributed by atoms with Gasteiger partial charge in [0.25, 0.3) is 0 Å². The van der Waals surface area contributed by atoms with Crippen LogP contribution in [0.2, 0.25) is 0 Å². The second-order valence-electron chi connectivity index (χ2n) is 4.59. The van der Waals surface area contributed by atoms with E-state index >= 15 is 0 Å². The molecule has 1 rings (SSSR count). The van der Waals surface area contributed by atoms with Crippen LogP contribution in [0.4, 0.5) is 0 Å². The molecule has 1 saturated heterocycles. The zero-order valence-corrected chi connectivity index (χ0v) is 10.1. The first-order valence-corrected chi connectivity index (χ1v) is 6.03. The minimum atomic E-state index is 0.470. The first-order valence-electron chi connectivity index (χ1n) is 6.03. The summed E-state index contributed by atoms with van der Waals surface area (Å²) in [5.74, 6) is 0. The summed E-state index contributed by atoms with van der Waals surface area (Å²) in [6.07, 6.45) is 8.43. The minimum absolute atomic E-state index is 0.470. The standard InChI is InChI=1S/C13H24N2/c1-12(2)14-13(3)8-7-11-15-9-5-4-6-10-15/h7-8,12,14H,3-6,9-11H2,1-2H3/b8-7+. The van der Waals surface area contributed by atoms with Crippen molar-refractivity contribution in [1.29, 1.82) is 0 Å². The molecule has 0 saturated carbocycles. The van der Waals surface area contributed by atoms with Gasteiger partial charge in [0, 0.05) is 18.3 Å². The molecule has 2 nitrogen and oxygen atoms in total. The molecule has 0 unspecified atom stereocenters. The Kier molecular flexibility index (Phi) is 5.48. The molecule has 1 aliphatic rings. The SMILES string of the molecule is C=C(/C=C/CN1CCCCC1)NC(C)C. The molecule has 0 bridgehead atoms. The lowest BCUT2D eigenvalue weighted by atomic mass is 10.1. The van der Waals surface area contributed by atoms with E-state index in [1.165, 1.54) is 32.4 Å². The van der Waals surface area contributed by atoms with Crippen molar-refractivity contribution in [1.82, 2.24) is 10.2 Å². The second kappa shape index (κ2) is 6.67. The van der Waals surface area contributed by atoms with Crippen LogP contribution in [0.1, 0.15) is 33.1 Å². The summed E-state index contributed by atoms with van der Waals surface area (Å²) in [4.78, 5) is 2.50. The zero-order chi connectivity index (χ0) is 11.1. The van der Waals surface area contributed by atoms with E-state index in [1.807, 2.05) is 0 Å². The second-order valence-corrected chi connectivity index (χ2v) is 4.59. The molecule has 0 atom stereocenters. The number of likely N-dealkylation sites (tertiary alicyclic amines) is 1. The quantitative estimate of drug-likeness (QED) is 0.698. The molecule has 86 valence electrons. The predicted molar refractivity (Wildman–Crippen MR) is 66.8 cm³/mol. The van der Waals surface area contributed by atoms with Gasteiger partial charge >= 0.3 is 0 Å². The first-order chi connectivity index (χ1) is 7.18.